The van der Waals surface area contributed by atoms with Crippen LogP contribution in [0, 0.1) is 15.9 Å². The van der Waals surface area contributed by atoms with Gasteiger partial charge in [-0.15, -0.1) is 0 Å². The van der Waals surface area contributed by atoms with Crippen molar-refractivity contribution in [1.29, 1.82) is 0 Å². The normalized spacial score (nSPS) is 10.4. The Hall–Kier alpha value is -2.72. The largest absolute Gasteiger partial charge is 0.459 e. The number of benzene rings is 1. The molecule has 0 saturated heterocycles. The van der Waals surface area contributed by atoms with E-state index in [1.54, 1.807) is 18.2 Å². The number of hydrogen-bond donors (Lipinski definition) is 1. The monoisotopic (exact) mass is 378 g/mol. The summed E-state index contributed by atoms with van der Waals surface area (Å²) in [5.41, 5.74) is 0.880. The lowest BCUT2D eigenvalue weighted by Gasteiger charge is -2.08. The minimum Gasteiger partial charge on any atom is -0.459 e. The fourth-order valence-electron chi connectivity index (χ4n) is 1.81. The van der Waals surface area contributed by atoms with Gasteiger partial charge in [-0.25, -0.2) is 9.37 Å². The molecule has 0 spiro atoms. The fraction of sp³-hybridized carbons (Fsp3) is 0.0667. The summed E-state index contributed by atoms with van der Waals surface area (Å²) in [6.07, 6.45) is 0.984. The zero-order valence-corrected chi connectivity index (χ0v) is 14.2. The molecule has 2 heterocycles. The van der Waals surface area contributed by atoms with E-state index in [4.69, 9.17) is 4.74 Å². The fourth-order valence-corrected chi connectivity index (χ4v) is 3.21. The number of nitrogens with one attached hydrogen (secondary N) is 1. The van der Waals surface area contributed by atoms with Crippen molar-refractivity contribution in [1.82, 2.24) is 9.97 Å². The molecule has 0 bridgehead atoms. The van der Waals surface area contributed by atoms with E-state index in [-0.39, 0.29) is 24.1 Å². The van der Waals surface area contributed by atoms with Gasteiger partial charge in [-0.05, 0) is 34.8 Å². The summed E-state index contributed by atoms with van der Waals surface area (Å²) in [5, 5.41) is 14.8. The second-order valence-electron chi connectivity index (χ2n) is 4.70. The maximum atomic E-state index is 13.9. The van der Waals surface area contributed by atoms with Crippen LogP contribution in [0.15, 0.2) is 52.2 Å². The predicted molar refractivity (Wildman–Crippen MR) is 93.2 cm³/mol. The molecule has 0 fully saturated rings. The molecule has 0 unspecified atom stereocenters. The Kier molecular flexibility index (Phi) is 5.41. The quantitative estimate of drug-likeness (QED) is 0.373. The van der Waals surface area contributed by atoms with Crippen molar-refractivity contribution >= 4 is 34.8 Å². The molecular weight excluding hydrogens is 367 g/mol. The summed E-state index contributed by atoms with van der Waals surface area (Å²) in [6, 6.07) is 8.06. The number of nitro groups is 1. The number of halogens is 1. The van der Waals surface area contributed by atoms with E-state index >= 15 is 0 Å². The first kappa shape index (κ1) is 17.1. The lowest BCUT2D eigenvalue weighted by Crippen LogP contribution is -2.03. The van der Waals surface area contributed by atoms with E-state index in [1.165, 1.54) is 17.4 Å². The van der Waals surface area contributed by atoms with Crippen LogP contribution in [-0.4, -0.2) is 14.9 Å². The summed E-state index contributed by atoms with van der Waals surface area (Å²) in [6.45, 7) is 0.270. The molecule has 0 radical (unpaired) electrons. The van der Waals surface area contributed by atoms with Gasteiger partial charge in [0.15, 0.2) is 11.6 Å². The highest BCUT2D eigenvalue weighted by atomic mass is 32.2. The number of para-hydroxylation sites is 1. The van der Waals surface area contributed by atoms with Crippen LogP contribution in [-0.2, 0) is 6.61 Å². The molecule has 10 heteroatoms. The van der Waals surface area contributed by atoms with E-state index in [9.17, 15) is 14.5 Å². The van der Waals surface area contributed by atoms with E-state index in [2.05, 4.69) is 14.7 Å². The third-order valence-electron chi connectivity index (χ3n) is 2.99. The van der Waals surface area contributed by atoms with Crippen molar-refractivity contribution in [3.8, 4) is 6.01 Å². The molecule has 0 amide bonds. The van der Waals surface area contributed by atoms with Gasteiger partial charge in [-0.1, -0.05) is 12.1 Å². The number of ether oxygens (including phenoxy) is 1. The van der Waals surface area contributed by atoms with Crippen LogP contribution >= 0.6 is 23.3 Å². The van der Waals surface area contributed by atoms with Gasteiger partial charge in [0.05, 0.1) is 11.1 Å². The van der Waals surface area contributed by atoms with Crippen molar-refractivity contribution in [3.63, 3.8) is 0 Å². The molecule has 1 aromatic carbocycles. The van der Waals surface area contributed by atoms with Crippen LogP contribution < -0.4 is 9.46 Å². The van der Waals surface area contributed by atoms with E-state index in [1.807, 2.05) is 16.8 Å². The average molecular weight is 378 g/mol. The molecule has 3 aromatic rings. The molecular formula is C15H11FN4O3S2. The minimum absolute atomic E-state index is 0.0123. The number of anilines is 1. The first-order valence-corrected chi connectivity index (χ1v) is 8.72. The van der Waals surface area contributed by atoms with Gasteiger partial charge in [0.2, 0.25) is 0 Å². The first-order chi connectivity index (χ1) is 12.1. The van der Waals surface area contributed by atoms with Gasteiger partial charge < -0.3 is 9.46 Å². The van der Waals surface area contributed by atoms with Gasteiger partial charge in [0.25, 0.3) is 5.69 Å². The van der Waals surface area contributed by atoms with Gasteiger partial charge >= 0.3 is 6.01 Å². The highest BCUT2D eigenvalue weighted by molar-refractivity contribution is 8.00. The van der Waals surface area contributed by atoms with Gasteiger partial charge in [-0.3, -0.25) is 10.1 Å². The molecule has 0 saturated carbocycles. The molecule has 128 valence electrons. The summed E-state index contributed by atoms with van der Waals surface area (Å²) in [4.78, 5) is 18.6. The van der Waals surface area contributed by atoms with Crippen molar-refractivity contribution in [2.75, 3.05) is 4.72 Å². The van der Waals surface area contributed by atoms with E-state index in [0.29, 0.717) is 4.90 Å². The Balaban J connectivity index is 1.70. The number of aromatic nitrogens is 2. The Morgan fingerprint density at radius 2 is 2.20 bits per heavy atom. The van der Waals surface area contributed by atoms with Crippen molar-refractivity contribution in [3.05, 3.63) is 68.8 Å². The molecule has 2 aromatic heterocycles. The molecule has 1 N–H and O–H groups in total. The zero-order valence-electron chi connectivity index (χ0n) is 12.6. The van der Waals surface area contributed by atoms with E-state index in [0.717, 1.165) is 23.7 Å². The number of thiophene rings is 1. The summed E-state index contributed by atoms with van der Waals surface area (Å²) < 4.78 is 21.9. The average Bonchev–Trinajstić information content (AvgIpc) is 3.13. The van der Waals surface area contributed by atoms with Gasteiger partial charge in [-0.2, -0.15) is 16.3 Å². The highest BCUT2D eigenvalue weighted by Gasteiger charge is 2.15. The summed E-state index contributed by atoms with van der Waals surface area (Å²) >= 11 is 2.43. The van der Waals surface area contributed by atoms with Gasteiger partial charge in [0, 0.05) is 11.6 Å². The Labute approximate surface area is 150 Å². The molecule has 0 aliphatic rings. The first-order valence-electron chi connectivity index (χ1n) is 6.96. The third-order valence-corrected chi connectivity index (χ3v) is 4.58. The summed E-state index contributed by atoms with van der Waals surface area (Å²) in [5.74, 6) is -0.799. The Morgan fingerprint density at radius 1 is 1.36 bits per heavy atom. The van der Waals surface area contributed by atoms with Crippen LogP contribution in [0.5, 0.6) is 6.01 Å². The molecule has 0 aliphatic carbocycles. The third kappa shape index (κ3) is 4.43. The Morgan fingerprint density at radius 3 is 2.96 bits per heavy atom. The summed E-state index contributed by atoms with van der Waals surface area (Å²) in [7, 11) is 0. The second kappa shape index (κ2) is 7.90. The number of nitrogens with zero attached hydrogens (tertiary/aromatic N) is 3. The topological polar surface area (TPSA) is 90.2 Å². The SMILES string of the molecule is O=[N+]([O-])c1ccccc1SNc1nc(OCc2ccsc2)ncc1F. The zero-order chi connectivity index (χ0) is 17.6. The van der Waals surface area contributed by atoms with Crippen LogP contribution in [0.2, 0.25) is 0 Å². The maximum Gasteiger partial charge on any atom is 0.318 e. The van der Waals surface area contributed by atoms with Crippen molar-refractivity contribution < 1.29 is 14.1 Å². The molecule has 0 atom stereocenters. The van der Waals surface area contributed by atoms with Gasteiger partial charge in [0.1, 0.15) is 11.5 Å². The van der Waals surface area contributed by atoms with Crippen molar-refractivity contribution in [2.24, 2.45) is 0 Å². The number of rotatable bonds is 7. The van der Waals surface area contributed by atoms with Crippen LogP contribution in [0.25, 0.3) is 0 Å². The molecule has 3 rings (SSSR count). The predicted octanol–water partition coefficient (Wildman–Crippen LogP) is 4.28. The maximum absolute atomic E-state index is 13.9. The smallest absolute Gasteiger partial charge is 0.318 e. The van der Waals surface area contributed by atoms with Crippen LogP contribution in [0.3, 0.4) is 0 Å². The number of hydrogen-bond acceptors (Lipinski definition) is 8. The molecule has 25 heavy (non-hydrogen) atoms. The minimum atomic E-state index is -0.686. The van der Waals surface area contributed by atoms with Crippen LogP contribution in [0.4, 0.5) is 15.9 Å². The molecule has 7 nitrogen and oxygen atoms in total. The number of nitro benzene ring substituents is 1. The Bertz CT molecular complexity index is 877. The standard InChI is InChI=1S/C15H11FN4O3S2/c16-11-7-17-15(23-8-10-5-6-24-9-10)18-14(11)19-25-13-4-2-1-3-12(13)20(21)22/h1-7,9H,8H2,(H,17,18,19). The highest BCUT2D eigenvalue weighted by Crippen LogP contribution is 2.30. The van der Waals surface area contributed by atoms with E-state index < -0.39 is 10.7 Å². The molecule has 0 aliphatic heterocycles. The van der Waals surface area contributed by atoms with Crippen LogP contribution in [0.1, 0.15) is 5.56 Å². The lowest BCUT2D eigenvalue weighted by atomic mass is 10.3. The lowest BCUT2D eigenvalue weighted by molar-refractivity contribution is -0.387. The van der Waals surface area contributed by atoms with Crippen molar-refractivity contribution in [2.45, 2.75) is 11.5 Å². The second-order valence-corrected chi connectivity index (χ2v) is 6.33.